The molecule has 4 heteroatoms. The monoisotopic (exact) mass is 210 g/mol. The zero-order valence-electron chi connectivity index (χ0n) is 8.60. The van der Waals surface area contributed by atoms with E-state index in [1.54, 1.807) is 12.3 Å². The number of aliphatic hydroxyl groups excluding tert-OH is 1. The lowest BCUT2D eigenvalue weighted by molar-refractivity contribution is -0.137. The first-order valence-corrected chi connectivity index (χ1v) is 4.62. The highest BCUT2D eigenvalue weighted by atomic mass is 16.5. The van der Waals surface area contributed by atoms with Gasteiger partial charge in [-0.15, -0.1) is 0 Å². The number of aryl methyl sites for hydroxylation is 1. The van der Waals surface area contributed by atoms with Gasteiger partial charge >= 0.3 is 5.97 Å². The van der Waals surface area contributed by atoms with E-state index in [1.807, 2.05) is 6.07 Å². The predicted molar refractivity (Wildman–Crippen MR) is 54.2 cm³/mol. The average molecular weight is 210 g/mol. The highest BCUT2D eigenvalue weighted by Gasteiger charge is 2.16. The topological polar surface area (TPSA) is 59.7 Å². The molecule has 4 nitrogen and oxygen atoms in total. The van der Waals surface area contributed by atoms with Crippen molar-refractivity contribution in [2.24, 2.45) is 0 Å². The fraction of sp³-hybridized carbons (Fsp3) is 0.364. The molecule has 0 radical (unpaired) electrons. The molecule has 1 heterocycles. The molecule has 0 spiro atoms. The number of hydrogen-bond donors (Lipinski definition) is 1. The minimum absolute atomic E-state index is 0.0732. The molecule has 15 heavy (non-hydrogen) atoms. The van der Waals surface area contributed by atoms with Crippen molar-refractivity contribution in [3.63, 3.8) is 0 Å². The molecule has 1 aromatic rings. The number of rotatable bonds is 5. The van der Waals surface area contributed by atoms with Crippen LogP contribution in [-0.4, -0.2) is 24.3 Å². The van der Waals surface area contributed by atoms with E-state index in [0.717, 1.165) is 5.76 Å². The molecule has 0 amide bonds. The molecular weight excluding hydrogens is 196 g/mol. The van der Waals surface area contributed by atoms with Crippen LogP contribution >= 0.6 is 0 Å². The van der Waals surface area contributed by atoms with Crippen LogP contribution in [0.25, 0.3) is 0 Å². The Morgan fingerprint density at radius 1 is 1.73 bits per heavy atom. The summed E-state index contributed by atoms with van der Waals surface area (Å²) < 4.78 is 9.54. The molecule has 1 rings (SSSR count). The number of methoxy groups -OCH3 is 1. The van der Waals surface area contributed by atoms with E-state index in [4.69, 9.17) is 4.42 Å². The van der Waals surface area contributed by atoms with E-state index in [1.165, 1.54) is 7.11 Å². The third kappa shape index (κ3) is 3.25. The smallest absolute Gasteiger partial charge is 0.335 e. The number of carbonyl (C=O) groups excluding carboxylic acids is 1. The summed E-state index contributed by atoms with van der Waals surface area (Å²) in [7, 11) is 1.26. The van der Waals surface area contributed by atoms with Crippen LogP contribution in [0.1, 0.15) is 12.2 Å². The maximum Gasteiger partial charge on any atom is 0.335 e. The van der Waals surface area contributed by atoms with Crippen LogP contribution < -0.4 is 0 Å². The Morgan fingerprint density at radius 3 is 3.00 bits per heavy atom. The van der Waals surface area contributed by atoms with Gasteiger partial charge in [0.15, 0.2) is 0 Å². The summed E-state index contributed by atoms with van der Waals surface area (Å²) >= 11 is 0. The first-order chi connectivity index (χ1) is 7.15. The third-order valence-electron chi connectivity index (χ3n) is 2.09. The summed E-state index contributed by atoms with van der Waals surface area (Å²) in [5, 5.41) is 9.58. The quantitative estimate of drug-likeness (QED) is 0.588. The molecule has 1 atom stereocenters. The predicted octanol–water partition coefficient (Wildman–Crippen LogP) is 1.30. The van der Waals surface area contributed by atoms with Crippen molar-refractivity contribution in [1.82, 2.24) is 0 Å². The first kappa shape index (κ1) is 11.5. The van der Waals surface area contributed by atoms with E-state index in [2.05, 4.69) is 11.3 Å². The molecule has 0 aliphatic heterocycles. The number of aliphatic hydroxyl groups is 1. The van der Waals surface area contributed by atoms with E-state index in [-0.39, 0.29) is 5.57 Å². The minimum Gasteiger partial charge on any atom is -0.469 e. The second-order valence-corrected chi connectivity index (χ2v) is 3.15. The van der Waals surface area contributed by atoms with Crippen molar-refractivity contribution in [3.05, 3.63) is 36.3 Å². The molecule has 1 unspecified atom stereocenters. The number of carbonyl (C=O) groups is 1. The van der Waals surface area contributed by atoms with Crippen LogP contribution in [0, 0.1) is 0 Å². The molecule has 0 fully saturated rings. The average Bonchev–Trinajstić information content (AvgIpc) is 2.76. The molecule has 0 aliphatic carbocycles. The Morgan fingerprint density at radius 2 is 2.47 bits per heavy atom. The van der Waals surface area contributed by atoms with Crippen LogP contribution in [-0.2, 0) is 16.0 Å². The molecule has 0 saturated heterocycles. The highest BCUT2D eigenvalue weighted by molar-refractivity contribution is 5.88. The maximum absolute atomic E-state index is 11.0. The fourth-order valence-corrected chi connectivity index (χ4v) is 1.18. The first-order valence-electron chi connectivity index (χ1n) is 4.62. The van der Waals surface area contributed by atoms with E-state index < -0.39 is 12.1 Å². The van der Waals surface area contributed by atoms with Crippen molar-refractivity contribution in [2.75, 3.05) is 7.11 Å². The van der Waals surface area contributed by atoms with Gasteiger partial charge in [0.25, 0.3) is 0 Å². The summed E-state index contributed by atoms with van der Waals surface area (Å²) in [6.07, 6.45) is 1.63. The van der Waals surface area contributed by atoms with Gasteiger partial charge in [-0.1, -0.05) is 6.58 Å². The van der Waals surface area contributed by atoms with Gasteiger partial charge in [-0.05, 0) is 18.6 Å². The van der Waals surface area contributed by atoms with Crippen LogP contribution in [0.4, 0.5) is 0 Å². The fourth-order valence-electron chi connectivity index (χ4n) is 1.18. The lowest BCUT2D eigenvalue weighted by Crippen LogP contribution is -2.18. The van der Waals surface area contributed by atoms with E-state index >= 15 is 0 Å². The van der Waals surface area contributed by atoms with Crippen LogP contribution in [0.2, 0.25) is 0 Å². The van der Waals surface area contributed by atoms with Crippen molar-refractivity contribution in [1.29, 1.82) is 0 Å². The van der Waals surface area contributed by atoms with Gasteiger partial charge in [-0.3, -0.25) is 0 Å². The van der Waals surface area contributed by atoms with Gasteiger partial charge in [0.2, 0.25) is 0 Å². The lowest BCUT2D eigenvalue weighted by atomic mass is 10.1. The van der Waals surface area contributed by atoms with Crippen LogP contribution in [0.3, 0.4) is 0 Å². The standard InChI is InChI=1S/C11H14O4/c1-8(11(13)14-2)10(12)6-5-9-4-3-7-15-9/h3-4,7,10,12H,1,5-6H2,2H3. The number of esters is 1. The van der Waals surface area contributed by atoms with Crippen molar-refractivity contribution in [3.8, 4) is 0 Å². The second-order valence-electron chi connectivity index (χ2n) is 3.15. The van der Waals surface area contributed by atoms with Crippen LogP contribution in [0.5, 0.6) is 0 Å². The molecule has 1 aromatic heterocycles. The van der Waals surface area contributed by atoms with Crippen molar-refractivity contribution in [2.45, 2.75) is 18.9 Å². The summed E-state index contributed by atoms with van der Waals surface area (Å²) in [4.78, 5) is 11.0. The number of furan rings is 1. The van der Waals surface area contributed by atoms with Crippen LogP contribution in [0.15, 0.2) is 35.0 Å². The third-order valence-corrected chi connectivity index (χ3v) is 2.09. The van der Waals surface area contributed by atoms with Gasteiger partial charge in [0.05, 0.1) is 25.1 Å². The molecule has 0 aliphatic rings. The van der Waals surface area contributed by atoms with Crippen molar-refractivity contribution < 1.29 is 19.1 Å². The Labute approximate surface area is 88.2 Å². The molecule has 0 saturated carbocycles. The summed E-state index contributed by atoms with van der Waals surface area (Å²) in [6.45, 7) is 3.47. The molecule has 0 aromatic carbocycles. The van der Waals surface area contributed by atoms with Gasteiger partial charge < -0.3 is 14.3 Å². The normalized spacial score (nSPS) is 12.1. The summed E-state index contributed by atoms with van der Waals surface area (Å²) in [6, 6.07) is 3.59. The van der Waals surface area contributed by atoms with Gasteiger partial charge in [-0.25, -0.2) is 4.79 Å². The minimum atomic E-state index is -0.887. The van der Waals surface area contributed by atoms with E-state index in [0.29, 0.717) is 12.8 Å². The van der Waals surface area contributed by atoms with Gasteiger partial charge in [-0.2, -0.15) is 0 Å². The Bertz CT molecular complexity index is 326. The van der Waals surface area contributed by atoms with Crippen molar-refractivity contribution >= 4 is 5.97 Å². The van der Waals surface area contributed by atoms with Gasteiger partial charge in [0.1, 0.15) is 5.76 Å². The molecular formula is C11H14O4. The number of hydrogen-bond acceptors (Lipinski definition) is 4. The summed E-state index contributed by atoms with van der Waals surface area (Å²) in [5.41, 5.74) is 0.0732. The Balaban J connectivity index is 2.39. The molecule has 1 N–H and O–H groups in total. The largest absolute Gasteiger partial charge is 0.469 e. The maximum atomic E-state index is 11.0. The summed E-state index contributed by atoms with van der Waals surface area (Å²) in [5.74, 6) is 0.189. The Hall–Kier alpha value is -1.55. The van der Waals surface area contributed by atoms with E-state index in [9.17, 15) is 9.90 Å². The zero-order chi connectivity index (χ0) is 11.3. The van der Waals surface area contributed by atoms with Gasteiger partial charge in [0, 0.05) is 6.42 Å². The SMILES string of the molecule is C=C(C(=O)OC)C(O)CCc1ccco1. The highest BCUT2D eigenvalue weighted by Crippen LogP contribution is 2.11. The molecule has 82 valence electrons. The zero-order valence-corrected chi connectivity index (χ0v) is 8.60. The Kier molecular flexibility index (Phi) is 4.12. The second kappa shape index (κ2) is 5.36. The number of ether oxygens (including phenoxy) is 1. The molecule has 0 bridgehead atoms. The lowest BCUT2D eigenvalue weighted by Gasteiger charge is -2.10.